The van der Waals surface area contributed by atoms with Crippen LogP contribution >= 0.6 is 0 Å². The summed E-state index contributed by atoms with van der Waals surface area (Å²) in [5.41, 5.74) is 10.4. The first-order valence-electron chi connectivity index (χ1n) is 5.47. The Morgan fingerprint density at radius 1 is 1.25 bits per heavy atom. The first-order valence-corrected chi connectivity index (χ1v) is 5.47. The highest BCUT2D eigenvalue weighted by atomic mass is 15.3. The number of rotatable bonds is 2. The van der Waals surface area contributed by atoms with Crippen molar-refractivity contribution in [3.05, 3.63) is 47.3 Å². The number of benzene rings is 1. The Morgan fingerprint density at radius 2 is 1.94 bits per heavy atom. The van der Waals surface area contributed by atoms with Crippen LogP contribution in [-0.2, 0) is 0 Å². The Bertz CT molecular complexity index is 498. The Labute approximate surface area is 95.9 Å². The maximum absolute atomic E-state index is 5.89. The van der Waals surface area contributed by atoms with E-state index in [9.17, 15) is 0 Å². The van der Waals surface area contributed by atoms with Gasteiger partial charge in [0.05, 0.1) is 11.9 Å². The molecule has 2 aromatic rings. The lowest BCUT2D eigenvalue weighted by molar-refractivity contribution is 0.795. The van der Waals surface area contributed by atoms with E-state index >= 15 is 0 Å². The van der Waals surface area contributed by atoms with Crippen LogP contribution in [0, 0.1) is 13.8 Å². The minimum Gasteiger partial charge on any atom is -0.324 e. The van der Waals surface area contributed by atoms with Gasteiger partial charge in [-0.15, -0.1) is 0 Å². The molecule has 0 unspecified atom stereocenters. The molecule has 84 valence electrons. The molecule has 16 heavy (non-hydrogen) atoms. The fourth-order valence-corrected chi connectivity index (χ4v) is 1.91. The van der Waals surface area contributed by atoms with E-state index in [-0.39, 0.29) is 6.04 Å². The molecule has 0 aliphatic carbocycles. The maximum atomic E-state index is 5.89. The van der Waals surface area contributed by atoms with E-state index < -0.39 is 0 Å². The van der Waals surface area contributed by atoms with E-state index in [1.54, 1.807) is 0 Å². The molecule has 0 bridgehead atoms. The lowest BCUT2D eigenvalue weighted by Crippen LogP contribution is -2.07. The van der Waals surface area contributed by atoms with Crippen LogP contribution in [0.1, 0.15) is 29.8 Å². The van der Waals surface area contributed by atoms with Gasteiger partial charge in [-0.1, -0.05) is 18.2 Å². The average molecular weight is 215 g/mol. The Kier molecular flexibility index (Phi) is 2.79. The molecular weight excluding hydrogens is 198 g/mol. The number of nitrogens with zero attached hydrogens (tertiary/aromatic N) is 2. The van der Waals surface area contributed by atoms with Crippen LogP contribution in [0.4, 0.5) is 0 Å². The fraction of sp³-hybridized carbons (Fsp3) is 0.308. The van der Waals surface area contributed by atoms with Crippen LogP contribution in [0.25, 0.3) is 5.69 Å². The van der Waals surface area contributed by atoms with Crippen LogP contribution < -0.4 is 5.73 Å². The number of nitrogens with two attached hydrogens (primary N) is 1. The van der Waals surface area contributed by atoms with Gasteiger partial charge in [-0.3, -0.25) is 0 Å². The van der Waals surface area contributed by atoms with Gasteiger partial charge in [-0.05, 0) is 32.4 Å². The molecule has 0 fully saturated rings. The lowest BCUT2D eigenvalue weighted by Gasteiger charge is -2.09. The zero-order valence-electron chi connectivity index (χ0n) is 9.94. The van der Waals surface area contributed by atoms with Gasteiger partial charge in [0.2, 0.25) is 0 Å². The zero-order valence-corrected chi connectivity index (χ0v) is 9.94. The second kappa shape index (κ2) is 4.10. The van der Waals surface area contributed by atoms with Gasteiger partial charge >= 0.3 is 0 Å². The van der Waals surface area contributed by atoms with E-state index in [1.165, 1.54) is 5.56 Å². The molecule has 2 N–H and O–H groups in total. The molecule has 0 saturated heterocycles. The van der Waals surface area contributed by atoms with Crippen molar-refractivity contribution in [1.82, 2.24) is 9.78 Å². The second-order valence-corrected chi connectivity index (χ2v) is 4.17. The molecule has 0 aliphatic heterocycles. The quantitative estimate of drug-likeness (QED) is 0.836. The normalized spacial score (nSPS) is 12.8. The third kappa shape index (κ3) is 1.74. The van der Waals surface area contributed by atoms with Crippen molar-refractivity contribution in [2.75, 3.05) is 0 Å². The molecule has 0 aliphatic rings. The molecule has 1 aromatic carbocycles. The summed E-state index contributed by atoms with van der Waals surface area (Å²) in [6.07, 6.45) is 1.85. The molecule has 0 amide bonds. The first kappa shape index (κ1) is 10.9. The maximum Gasteiger partial charge on any atom is 0.0677 e. The molecule has 1 aromatic heterocycles. The predicted octanol–water partition coefficient (Wildman–Crippen LogP) is 2.51. The van der Waals surface area contributed by atoms with Crippen molar-refractivity contribution in [1.29, 1.82) is 0 Å². The highest BCUT2D eigenvalue weighted by Crippen LogP contribution is 2.20. The largest absolute Gasteiger partial charge is 0.324 e. The SMILES string of the molecule is Cc1ccccc1-n1ncc([C@H](C)N)c1C. The lowest BCUT2D eigenvalue weighted by atomic mass is 10.1. The molecule has 1 atom stereocenters. The summed E-state index contributed by atoms with van der Waals surface area (Å²) in [4.78, 5) is 0. The summed E-state index contributed by atoms with van der Waals surface area (Å²) in [6, 6.07) is 8.24. The summed E-state index contributed by atoms with van der Waals surface area (Å²) in [5, 5.41) is 4.40. The van der Waals surface area contributed by atoms with Crippen molar-refractivity contribution < 1.29 is 0 Å². The van der Waals surface area contributed by atoms with E-state index in [4.69, 9.17) is 5.73 Å². The number of hydrogen-bond donors (Lipinski definition) is 1. The van der Waals surface area contributed by atoms with E-state index in [0.717, 1.165) is 16.9 Å². The topological polar surface area (TPSA) is 43.8 Å². The van der Waals surface area contributed by atoms with Gasteiger partial charge in [0.25, 0.3) is 0 Å². The van der Waals surface area contributed by atoms with Crippen molar-refractivity contribution in [3.8, 4) is 5.69 Å². The van der Waals surface area contributed by atoms with E-state index in [1.807, 2.05) is 29.9 Å². The summed E-state index contributed by atoms with van der Waals surface area (Å²) in [5.74, 6) is 0. The summed E-state index contributed by atoms with van der Waals surface area (Å²) >= 11 is 0. The predicted molar refractivity (Wildman–Crippen MR) is 65.6 cm³/mol. The van der Waals surface area contributed by atoms with E-state index in [0.29, 0.717) is 0 Å². The summed E-state index contributed by atoms with van der Waals surface area (Å²) < 4.78 is 1.95. The Hall–Kier alpha value is -1.61. The van der Waals surface area contributed by atoms with Gasteiger partial charge in [-0.2, -0.15) is 5.10 Å². The minimum absolute atomic E-state index is 0.0257. The number of para-hydroxylation sites is 1. The van der Waals surface area contributed by atoms with Gasteiger partial charge in [0.15, 0.2) is 0 Å². The molecule has 0 spiro atoms. The molecule has 2 rings (SSSR count). The Balaban J connectivity index is 2.54. The molecular formula is C13H17N3. The highest BCUT2D eigenvalue weighted by Gasteiger charge is 2.11. The van der Waals surface area contributed by atoms with Crippen LogP contribution in [-0.4, -0.2) is 9.78 Å². The van der Waals surface area contributed by atoms with E-state index in [2.05, 4.69) is 31.1 Å². The van der Waals surface area contributed by atoms with Crippen molar-refractivity contribution >= 4 is 0 Å². The van der Waals surface area contributed by atoms with Gasteiger partial charge in [-0.25, -0.2) is 4.68 Å². The molecule has 3 heteroatoms. The van der Waals surface area contributed by atoms with Crippen LogP contribution in [0.15, 0.2) is 30.5 Å². The standard InChI is InChI=1S/C13H17N3/c1-9-6-4-5-7-13(9)16-11(3)12(8-15-16)10(2)14/h4-8,10H,14H2,1-3H3/t10-/m0/s1. The smallest absolute Gasteiger partial charge is 0.0677 e. The fourth-order valence-electron chi connectivity index (χ4n) is 1.91. The van der Waals surface area contributed by atoms with Crippen molar-refractivity contribution in [3.63, 3.8) is 0 Å². The van der Waals surface area contributed by atoms with Crippen LogP contribution in [0.3, 0.4) is 0 Å². The minimum atomic E-state index is 0.0257. The van der Waals surface area contributed by atoms with Crippen LogP contribution in [0.5, 0.6) is 0 Å². The summed E-state index contributed by atoms with van der Waals surface area (Å²) in [6.45, 7) is 6.12. The van der Waals surface area contributed by atoms with Crippen molar-refractivity contribution in [2.45, 2.75) is 26.8 Å². The third-order valence-corrected chi connectivity index (χ3v) is 2.88. The number of hydrogen-bond acceptors (Lipinski definition) is 2. The number of aromatic nitrogens is 2. The zero-order chi connectivity index (χ0) is 11.7. The monoisotopic (exact) mass is 215 g/mol. The van der Waals surface area contributed by atoms with Crippen molar-refractivity contribution in [2.24, 2.45) is 5.73 Å². The summed E-state index contributed by atoms with van der Waals surface area (Å²) in [7, 11) is 0. The van der Waals surface area contributed by atoms with Crippen LogP contribution in [0.2, 0.25) is 0 Å². The van der Waals surface area contributed by atoms with Gasteiger partial charge in [0, 0.05) is 17.3 Å². The van der Waals surface area contributed by atoms with Gasteiger partial charge < -0.3 is 5.73 Å². The third-order valence-electron chi connectivity index (χ3n) is 2.88. The highest BCUT2D eigenvalue weighted by molar-refractivity contribution is 5.41. The second-order valence-electron chi connectivity index (χ2n) is 4.17. The molecule has 0 saturated carbocycles. The molecule has 1 heterocycles. The number of aryl methyl sites for hydroxylation is 1. The molecule has 3 nitrogen and oxygen atoms in total. The average Bonchev–Trinajstić information content (AvgIpc) is 2.61. The van der Waals surface area contributed by atoms with Gasteiger partial charge in [0.1, 0.15) is 0 Å². The molecule has 0 radical (unpaired) electrons. The Morgan fingerprint density at radius 3 is 2.50 bits per heavy atom. The first-order chi connectivity index (χ1) is 7.61.